The maximum atomic E-state index is 5.84. The van der Waals surface area contributed by atoms with Gasteiger partial charge in [-0.15, -0.1) is 0 Å². The van der Waals surface area contributed by atoms with E-state index in [4.69, 9.17) is 10.5 Å². The zero-order chi connectivity index (χ0) is 11.3. The molecule has 1 aromatic rings. The number of aromatic nitrogens is 2. The fourth-order valence-electron chi connectivity index (χ4n) is 1.26. The van der Waals surface area contributed by atoms with Crippen LogP contribution in [0.2, 0.25) is 0 Å². The molecule has 0 aliphatic rings. The van der Waals surface area contributed by atoms with Crippen LogP contribution in [0.4, 0.5) is 11.5 Å². The van der Waals surface area contributed by atoms with Gasteiger partial charge in [-0.1, -0.05) is 13.8 Å². The molecule has 0 amide bonds. The molecule has 0 unspecified atom stereocenters. The molecule has 0 aliphatic carbocycles. The van der Waals surface area contributed by atoms with Gasteiger partial charge < -0.3 is 15.8 Å². The van der Waals surface area contributed by atoms with Gasteiger partial charge in [-0.3, -0.25) is 5.10 Å². The molecule has 0 bridgehead atoms. The molecule has 0 fully saturated rings. The Morgan fingerprint density at radius 3 is 2.80 bits per heavy atom. The second-order valence-corrected chi connectivity index (χ2v) is 3.93. The smallest absolute Gasteiger partial charge is 0.145 e. The SMILES string of the molecule is CNc1[nH]nc(CCOCC(C)C)c1N. The number of nitrogens with zero attached hydrogens (tertiary/aromatic N) is 1. The quantitative estimate of drug-likeness (QED) is 0.620. The first-order valence-electron chi connectivity index (χ1n) is 5.23. The minimum atomic E-state index is 0.564. The molecule has 1 rings (SSSR count). The maximum Gasteiger partial charge on any atom is 0.145 e. The molecule has 0 radical (unpaired) electrons. The summed E-state index contributed by atoms with van der Waals surface area (Å²) >= 11 is 0. The highest BCUT2D eigenvalue weighted by atomic mass is 16.5. The van der Waals surface area contributed by atoms with E-state index in [-0.39, 0.29) is 0 Å². The topological polar surface area (TPSA) is 76.0 Å². The number of aromatic amines is 1. The van der Waals surface area contributed by atoms with E-state index in [1.165, 1.54) is 0 Å². The van der Waals surface area contributed by atoms with E-state index in [2.05, 4.69) is 29.4 Å². The normalized spacial score (nSPS) is 10.9. The molecule has 0 aromatic carbocycles. The Bertz CT molecular complexity index is 296. The highest BCUT2D eigenvalue weighted by Gasteiger charge is 2.07. The van der Waals surface area contributed by atoms with Crippen molar-refractivity contribution in [3.05, 3.63) is 5.69 Å². The summed E-state index contributed by atoms with van der Waals surface area (Å²) in [6.45, 7) is 5.70. The van der Waals surface area contributed by atoms with Crippen LogP contribution in [0.5, 0.6) is 0 Å². The van der Waals surface area contributed by atoms with Gasteiger partial charge in [0.25, 0.3) is 0 Å². The lowest BCUT2D eigenvalue weighted by Gasteiger charge is -2.05. The van der Waals surface area contributed by atoms with Crippen molar-refractivity contribution < 1.29 is 4.74 Å². The lowest BCUT2D eigenvalue weighted by Crippen LogP contribution is -2.06. The van der Waals surface area contributed by atoms with Crippen LogP contribution in [0.3, 0.4) is 0 Å². The van der Waals surface area contributed by atoms with Crippen molar-refractivity contribution in [1.82, 2.24) is 10.2 Å². The summed E-state index contributed by atoms with van der Waals surface area (Å²) < 4.78 is 5.47. The van der Waals surface area contributed by atoms with Crippen LogP contribution in [-0.4, -0.2) is 30.5 Å². The number of H-pyrrole nitrogens is 1. The molecule has 0 spiro atoms. The summed E-state index contributed by atoms with van der Waals surface area (Å²) in [6.07, 6.45) is 0.747. The second-order valence-electron chi connectivity index (χ2n) is 3.93. The van der Waals surface area contributed by atoms with Crippen molar-refractivity contribution in [2.75, 3.05) is 31.3 Å². The van der Waals surface area contributed by atoms with Gasteiger partial charge >= 0.3 is 0 Å². The number of rotatable bonds is 6. The number of ether oxygens (including phenoxy) is 1. The van der Waals surface area contributed by atoms with Gasteiger partial charge in [0.1, 0.15) is 5.82 Å². The fourth-order valence-corrected chi connectivity index (χ4v) is 1.26. The van der Waals surface area contributed by atoms with Crippen LogP contribution in [0.25, 0.3) is 0 Å². The Labute approximate surface area is 90.4 Å². The molecule has 0 saturated carbocycles. The number of nitrogen functional groups attached to an aromatic ring is 1. The molecule has 0 atom stereocenters. The molecule has 0 saturated heterocycles. The lowest BCUT2D eigenvalue weighted by atomic mass is 10.2. The van der Waals surface area contributed by atoms with Crippen LogP contribution in [0.15, 0.2) is 0 Å². The summed E-state index contributed by atoms with van der Waals surface area (Å²) in [7, 11) is 1.81. The predicted octanol–water partition coefficient (Wildman–Crippen LogP) is 1.25. The van der Waals surface area contributed by atoms with E-state index in [1.54, 1.807) is 0 Å². The van der Waals surface area contributed by atoms with E-state index in [1.807, 2.05) is 7.05 Å². The molecule has 15 heavy (non-hydrogen) atoms. The van der Waals surface area contributed by atoms with Crippen molar-refractivity contribution in [2.24, 2.45) is 5.92 Å². The van der Waals surface area contributed by atoms with Gasteiger partial charge in [0.2, 0.25) is 0 Å². The largest absolute Gasteiger partial charge is 0.394 e. The molecule has 86 valence electrons. The van der Waals surface area contributed by atoms with Gasteiger partial charge in [-0.2, -0.15) is 5.10 Å². The minimum Gasteiger partial charge on any atom is -0.394 e. The maximum absolute atomic E-state index is 5.84. The zero-order valence-corrected chi connectivity index (χ0v) is 9.63. The molecule has 1 aromatic heterocycles. The Balaban J connectivity index is 2.34. The average molecular weight is 212 g/mol. The third-order valence-corrected chi connectivity index (χ3v) is 2.07. The number of anilines is 2. The van der Waals surface area contributed by atoms with Crippen LogP contribution >= 0.6 is 0 Å². The van der Waals surface area contributed by atoms with Gasteiger partial charge in [0.15, 0.2) is 0 Å². The summed E-state index contributed by atoms with van der Waals surface area (Å²) in [5.74, 6) is 1.34. The summed E-state index contributed by atoms with van der Waals surface area (Å²) in [5, 5.41) is 9.88. The molecule has 4 N–H and O–H groups in total. The van der Waals surface area contributed by atoms with Crippen LogP contribution in [0.1, 0.15) is 19.5 Å². The van der Waals surface area contributed by atoms with E-state index >= 15 is 0 Å². The standard InChI is InChI=1S/C10H20N4O/c1-7(2)6-15-5-4-8-9(11)10(12-3)14-13-8/h7H,4-6,11H2,1-3H3,(H2,12,13,14). The number of hydrogen-bond acceptors (Lipinski definition) is 4. The van der Waals surface area contributed by atoms with Crippen LogP contribution in [0, 0.1) is 5.92 Å². The summed E-state index contributed by atoms with van der Waals surface area (Å²) in [6, 6.07) is 0. The van der Waals surface area contributed by atoms with Gasteiger partial charge in [-0.05, 0) is 5.92 Å². The summed E-state index contributed by atoms with van der Waals surface area (Å²) in [5.41, 5.74) is 7.39. The lowest BCUT2D eigenvalue weighted by molar-refractivity contribution is 0.112. The van der Waals surface area contributed by atoms with E-state index in [0.717, 1.165) is 24.5 Å². The molecular weight excluding hydrogens is 192 g/mol. The predicted molar refractivity (Wildman–Crippen MR) is 61.9 cm³/mol. The van der Waals surface area contributed by atoms with Gasteiger partial charge in [0.05, 0.1) is 18.0 Å². The van der Waals surface area contributed by atoms with Crippen LogP contribution in [-0.2, 0) is 11.2 Å². The van der Waals surface area contributed by atoms with Crippen molar-refractivity contribution in [2.45, 2.75) is 20.3 Å². The first kappa shape index (κ1) is 11.8. The summed E-state index contributed by atoms with van der Waals surface area (Å²) in [4.78, 5) is 0. The minimum absolute atomic E-state index is 0.564. The second kappa shape index (κ2) is 5.60. The first-order valence-corrected chi connectivity index (χ1v) is 5.23. The van der Waals surface area contributed by atoms with Crippen molar-refractivity contribution in [1.29, 1.82) is 0 Å². The van der Waals surface area contributed by atoms with Crippen molar-refractivity contribution >= 4 is 11.5 Å². The monoisotopic (exact) mass is 212 g/mol. The molecule has 0 aliphatic heterocycles. The number of nitrogens with two attached hydrogens (primary N) is 1. The van der Waals surface area contributed by atoms with E-state index in [0.29, 0.717) is 18.2 Å². The fraction of sp³-hybridized carbons (Fsp3) is 0.700. The molecule has 5 nitrogen and oxygen atoms in total. The van der Waals surface area contributed by atoms with Gasteiger partial charge in [-0.25, -0.2) is 0 Å². The first-order chi connectivity index (χ1) is 7.15. The van der Waals surface area contributed by atoms with Gasteiger partial charge in [0, 0.05) is 20.1 Å². The van der Waals surface area contributed by atoms with E-state index in [9.17, 15) is 0 Å². The Hall–Kier alpha value is -1.23. The Morgan fingerprint density at radius 1 is 1.53 bits per heavy atom. The zero-order valence-electron chi connectivity index (χ0n) is 9.63. The number of nitrogens with one attached hydrogen (secondary N) is 2. The molecule has 1 heterocycles. The average Bonchev–Trinajstić information content (AvgIpc) is 2.54. The van der Waals surface area contributed by atoms with Crippen molar-refractivity contribution in [3.63, 3.8) is 0 Å². The van der Waals surface area contributed by atoms with Crippen LogP contribution < -0.4 is 11.1 Å². The van der Waals surface area contributed by atoms with E-state index < -0.39 is 0 Å². The number of hydrogen-bond donors (Lipinski definition) is 3. The Morgan fingerprint density at radius 2 is 2.27 bits per heavy atom. The molecular formula is C10H20N4O. The third-order valence-electron chi connectivity index (χ3n) is 2.07. The highest BCUT2D eigenvalue weighted by Crippen LogP contribution is 2.18. The van der Waals surface area contributed by atoms with Crippen molar-refractivity contribution in [3.8, 4) is 0 Å². The Kier molecular flexibility index (Phi) is 4.42. The third kappa shape index (κ3) is 3.43. The highest BCUT2D eigenvalue weighted by molar-refractivity contribution is 5.63. The molecule has 5 heteroatoms.